The van der Waals surface area contributed by atoms with Crippen LogP contribution < -0.4 is 0 Å². The first-order valence-electron chi connectivity index (χ1n) is 5.67. The lowest BCUT2D eigenvalue weighted by Crippen LogP contribution is -2.30. The van der Waals surface area contributed by atoms with E-state index in [4.69, 9.17) is 0 Å². The van der Waals surface area contributed by atoms with Crippen molar-refractivity contribution in [1.82, 2.24) is 0 Å². The maximum absolute atomic E-state index is 13.0. The van der Waals surface area contributed by atoms with Crippen LogP contribution in [-0.2, 0) is 6.42 Å². The molecule has 0 heterocycles. The van der Waals surface area contributed by atoms with Gasteiger partial charge in [-0.05, 0) is 30.5 Å². The van der Waals surface area contributed by atoms with E-state index in [9.17, 15) is 13.9 Å². The smallest absolute Gasteiger partial charge is 0.159 e. The summed E-state index contributed by atoms with van der Waals surface area (Å²) in [6.45, 7) is 3.89. The van der Waals surface area contributed by atoms with E-state index in [2.05, 4.69) is 0 Å². The monoisotopic (exact) mass is 228 g/mol. The molecule has 0 fully saturated rings. The Kier molecular flexibility index (Phi) is 4.42. The maximum Gasteiger partial charge on any atom is 0.159 e. The lowest BCUT2D eigenvalue weighted by atomic mass is 9.88. The summed E-state index contributed by atoms with van der Waals surface area (Å²) in [5.41, 5.74) is -0.171. The van der Waals surface area contributed by atoms with Crippen molar-refractivity contribution in [2.75, 3.05) is 0 Å². The third-order valence-corrected chi connectivity index (χ3v) is 2.89. The van der Waals surface area contributed by atoms with Crippen molar-refractivity contribution in [1.29, 1.82) is 0 Å². The highest BCUT2D eigenvalue weighted by atomic mass is 19.2. The first kappa shape index (κ1) is 13.1. The lowest BCUT2D eigenvalue weighted by molar-refractivity contribution is 0.0270. The van der Waals surface area contributed by atoms with Gasteiger partial charge < -0.3 is 5.11 Å². The fourth-order valence-corrected chi connectivity index (χ4v) is 1.89. The van der Waals surface area contributed by atoms with E-state index < -0.39 is 17.2 Å². The predicted octanol–water partition coefficient (Wildman–Crippen LogP) is 3.45. The van der Waals surface area contributed by atoms with Crippen LogP contribution in [0.4, 0.5) is 8.78 Å². The zero-order valence-electron chi connectivity index (χ0n) is 9.76. The molecule has 0 saturated heterocycles. The largest absolute Gasteiger partial charge is 0.390 e. The van der Waals surface area contributed by atoms with Gasteiger partial charge in [0.15, 0.2) is 11.6 Å². The number of rotatable bonds is 5. The van der Waals surface area contributed by atoms with Crippen LogP contribution in [0.2, 0.25) is 0 Å². The van der Waals surface area contributed by atoms with Crippen molar-refractivity contribution < 1.29 is 13.9 Å². The van der Waals surface area contributed by atoms with Crippen molar-refractivity contribution in [2.24, 2.45) is 0 Å². The highest BCUT2D eigenvalue weighted by Gasteiger charge is 2.24. The summed E-state index contributed by atoms with van der Waals surface area (Å²) in [4.78, 5) is 0. The molecule has 0 bridgehead atoms. The van der Waals surface area contributed by atoms with Crippen molar-refractivity contribution in [3.05, 3.63) is 35.4 Å². The van der Waals surface area contributed by atoms with Gasteiger partial charge in [-0.25, -0.2) is 8.78 Å². The number of benzene rings is 1. The minimum atomic E-state index is -0.854. The van der Waals surface area contributed by atoms with Gasteiger partial charge in [0.25, 0.3) is 0 Å². The van der Waals surface area contributed by atoms with Crippen LogP contribution in [0.25, 0.3) is 0 Å². The number of halogens is 2. The van der Waals surface area contributed by atoms with E-state index >= 15 is 0 Å². The van der Waals surface area contributed by atoms with Gasteiger partial charge in [0.05, 0.1) is 5.60 Å². The molecule has 0 radical (unpaired) electrons. The Morgan fingerprint density at radius 1 is 1.19 bits per heavy atom. The summed E-state index contributed by atoms with van der Waals surface area (Å²) < 4.78 is 25.7. The molecule has 1 N–H and O–H groups in total. The highest BCUT2D eigenvalue weighted by Crippen LogP contribution is 2.23. The molecule has 1 nitrogen and oxygen atoms in total. The van der Waals surface area contributed by atoms with Gasteiger partial charge in [-0.1, -0.05) is 26.3 Å². The molecule has 0 aliphatic carbocycles. The van der Waals surface area contributed by atoms with Crippen LogP contribution in [0.15, 0.2) is 18.2 Å². The number of aliphatic hydroxyl groups is 1. The van der Waals surface area contributed by atoms with E-state index in [1.807, 2.05) is 13.8 Å². The van der Waals surface area contributed by atoms with Crippen LogP contribution >= 0.6 is 0 Å². The molecule has 0 amide bonds. The van der Waals surface area contributed by atoms with Gasteiger partial charge in [0.1, 0.15) is 0 Å². The zero-order chi connectivity index (χ0) is 12.2. The summed E-state index contributed by atoms with van der Waals surface area (Å²) in [6.07, 6.45) is 2.52. The van der Waals surface area contributed by atoms with Crippen LogP contribution in [-0.4, -0.2) is 10.7 Å². The molecule has 0 saturated carbocycles. The fraction of sp³-hybridized carbons (Fsp3) is 0.538. The Hall–Kier alpha value is -0.960. The summed E-state index contributed by atoms with van der Waals surface area (Å²) in [6, 6.07) is 3.78. The molecule has 3 heteroatoms. The van der Waals surface area contributed by atoms with Gasteiger partial charge in [-0.15, -0.1) is 0 Å². The summed E-state index contributed by atoms with van der Waals surface area (Å²) >= 11 is 0. The van der Waals surface area contributed by atoms with Gasteiger partial charge in [-0.2, -0.15) is 0 Å². The molecular weight excluding hydrogens is 210 g/mol. The molecule has 0 aliphatic rings. The van der Waals surface area contributed by atoms with Gasteiger partial charge in [0, 0.05) is 6.42 Å². The molecule has 1 unspecified atom stereocenters. The van der Waals surface area contributed by atoms with E-state index in [1.165, 1.54) is 6.07 Å². The van der Waals surface area contributed by atoms with E-state index in [-0.39, 0.29) is 0 Å². The van der Waals surface area contributed by atoms with E-state index in [0.717, 1.165) is 18.6 Å². The Bertz CT molecular complexity index is 352. The van der Waals surface area contributed by atoms with Crippen LogP contribution in [0, 0.1) is 11.6 Å². The molecule has 1 atom stereocenters. The molecule has 1 aromatic carbocycles. The van der Waals surface area contributed by atoms with Crippen molar-refractivity contribution in [3.8, 4) is 0 Å². The zero-order valence-corrected chi connectivity index (χ0v) is 9.76. The SMILES string of the molecule is CCCC(O)(CC)Cc1ccc(F)c(F)c1. The number of hydrogen-bond donors (Lipinski definition) is 1. The molecule has 0 spiro atoms. The predicted molar refractivity (Wildman–Crippen MR) is 60.2 cm³/mol. The van der Waals surface area contributed by atoms with Crippen molar-refractivity contribution in [3.63, 3.8) is 0 Å². The molecule has 1 aromatic rings. The Morgan fingerprint density at radius 2 is 1.88 bits per heavy atom. The van der Waals surface area contributed by atoms with Crippen molar-refractivity contribution >= 4 is 0 Å². The average Bonchev–Trinajstić information content (AvgIpc) is 2.24. The van der Waals surface area contributed by atoms with Crippen LogP contribution in [0.5, 0.6) is 0 Å². The molecular formula is C13H18F2O. The minimum absolute atomic E-state index is 0.370. The fourth-order valence-electron chi connectivity index (χ4n) is 1.89. The third-order valence-electron chi connectivity index (χ3n) is 2.89. The van der Waals surface area contributed by atoms with Gasteiger partial charge >= 0.3 is 0 Å². The molecule has 90 valence electrons. The Morgan fingerprint density at radius 3 is 2.38 bits per heavy atom. The quantitative estimate of drug-likeness (QED) is 0.818. The maximum atomic E-state index is 13.0. The molecule has 0 aliphatic heterocycles. The summed E-state index contributed by atoms with van der Waals surface area (Å²) in [7, 11) is 0. The first-order valence-corrected chi connectivity index (χ1v) is 5.67. The summed E-state index contributed by atoms with van der Waals surface area (Å²) in [5, 5.41) is 10.2. The van der Waals surface area contributed by atoms with Gasteiger partial charge in [-0.3, -0.25) is 0 Å². The topological polar surface area (TPSA) is 20.2 Å². The summed E-state index contributed by atoms with van der Waals surface area (Å²) in [5.74, 6) is -1.70. The number of hydrogen-bond acceptors (Lipinski definition) is 1. The normalized spacial score (nSPS) is 14.8. The highest BCUT2D eigenvalue weighted by molar-refractivity contribution is 5.19. The minimum Gasteiger partial charge on any atom is -0.390 e. The molecule has 1 rings (SSSR count). The second-order valence-corrected chi connectivity index (χ2v) is 4.25. The first-order chi connectivity index (χ1) is 7.50. The van der Waals surface area contributed by atoms with Gasteiger partial charge in [0.2, 0.25) is 0 Å². The third kappa shape index (κ3) is 3.27. The molecule has 0 aromatic heterocycles. The lowest BCUT2D eigenvalue weighted by Gasteiger charge is -2.26. The van der Waals surface area contributed by atoms with E-state index in [0.29, 0.717) is 24.8 Å². The van der Waals surface area contributed by atoms with Crippen molar-refractivity contribution in [2.45, 2.75) is 45.1 Å². The second-order valence-electron chi connectivity index (χ2n) is 4.25. The molecule has 16 heavy (non-hydrogen) atoms. The second kappa shape index (κ2) is 5.39. The standard InChI is InChI=1S/C13H18F2O/c1-3-7-13(16,4-2)9-10-5-6-11(14)12(15)8-10/h5-6,8,16H,3-4,7,9H2,1-2H3. The van der Waals surface area contributed by atoms with Crippen LogP contribution in [0.1, 0.15) is 38.7 Å². The Labute approximate surface area is 95.1 Å². The Balaban J connectivity index is 2.81. The van der Waals surface area contributed by atoms with Crippen LogP contribution in [0.3, 0.4) is 0 Å². The average molecular weight is 228 g/mol. The van der Waals surface area contributed by atoms with E-state index in [1.54, 1.807) is 0 Å².